The molecular formula is C16H22N2O3. The second kappa shape index (κ2) is 7.67. The Balaban J connectivity index is 1.62. The molecule has 0 saturated carbocycles. The highest BCUT2D eigenvalue weighted by molar-refractivity contribution is 5.77. The number of nitrogens with one attached hydrogen (secondary N) is 1. The van der Waals surface area contributed by atoms with Crippen molar-refractivity contribution in [3.63, 3.8) is 0 Å². The molecule has 1 fully saturated rings. The Labute approximate surface area is 125 Å². The lowest BCUT2D eigenvalue weighted by atomic mass is 9.99. The normalized spacial score (nSPS) is 18.4. The van der Waals surface area contributed by atoms with Crippen molar-refractivity contribution in [1.82, 2.24) is 10.2 Å². The number of ether oxygens (including phenoxy) is 1. The maximum atomic E-state index is 11.8. The van der Waals surface area contributed by atoms with Crippen LogP contribution in [0.2, 0.25) is 0 Å². The van der Waals surface area contributed by atoms with Crippen LogP contribution in [0.25, 0.3) is 0 Å². The molecule has 114 valence electrons. The molecule has 1 atom stereocenters. The van der Waals surface area contributed by atoms with E-state index in [1.165, 1.54) is 0 Å². The monoisotopic (exact) mass is 290 g/mol. The molecule has 0 aliphatic carbocycles. The molecule has 1 aromatic rings. The zero-order valence-corrected chi connectivity index (χ0v) is 12.4. The molecule has 1 saturated heterocycles. The van der Waals surface area contributed by atoms with Crippen LogP contribution < -0.4 is 5.32 Å². The molecular weight excluding hydrogens is 268 g/mol. The van der Waals surface area contributed by atoms with E-state index in [1.807, 2.05) is 30.3 Å². The van der Waals surface area contributed by atoms with Gasteiger partial charge in [0, 0.05) is 26.1 Å². The first-order valence-corrected chi connectivity index (χ1v) is 7.37. The second-order valence-electron chi connectivity index (χ2n) is 5.47. The fraction of sp³-hybridized carbons (Fsp3) is 0.500. The Morgan fingerprint density at radius 3 is 2.86 bits per heavy atom. The smallest absolute Gasteiger partial charge is 0.407 e. The molecule has 2 amide bonds. The molecule has 21 heavy (non-hydrogen) atoms. The number of rotatable bonds is 5. The van der Waals surface area contributed by atoms with Crippen LogP contribution in [0.5, 0.6) is 0 Å². The van der Waals surface area contributed by atoms with Gasteiger partial charge in [0.15, 0.2) is 0 Å². The zero-order valence-electron chi connectivity index (χ0n) is 12.4. The molecule has 1 aliphatic heterocycles. The summed E-state index contributed by atoms with van der Waals surface area (Å²) in [5.41, 5.74) is 0.952. The van der Waals surface area contributed by atoms with Gasteiger partial charge in [-0.2, -0.15) is 0 Å². The molecule has 5 nitrogen and oxygen atoms in total. The average molecular weight is 290 g/mol. The zero-order chi connectivity index (χ0) is 15.1. The van der Waals surface area contributed by atoms with Gasteiger partial charge in [0.25, 0.3) is 0 Å². The van der Waals surface area contributed by atoms with Crippen molar-refractivity contribution in [2.75, 3.05) is 19.6 Å². The van der Waals surface area contributed by atoms with Crippen LogP contribution >= 0.6 is 0 Å². The van der Waals surface area contributed by atoms with Crippen LogP contribution in [-0.2, 0) is 16.1 Å². The van der Waals surface area contributed by atoms with E-state index < -0.39 is 6.09 Å². The summed E-state index contributed by atoms with van der Waals surface area (Å²) in [6.45, 7) is 4.10. The molecule has 0 spiro atoms. The molecule has 1 unspecified atom stereocenters. The fourth-order valence-electron chi connectivity index (χ4n) is 2.33. The third-order valence-electron chi connectivity index (χ3n) is 3.63. The topological polar surface area (TPSA) is 58.6 Å². The number of hydrogen-bond acceptors (Lipinski definition) is 3. The Hall–Kier alpha value is -2.04. The molecule has 0 bridgehead atoms. The quantitative estimate of drug-likeness (QED) is 0.904. The average Bonchev–Trinajstić information content (AvgIpc) is 2.48. The molecule has 1 aromatic carbocycles. The molecule has 2 rings (SSSR count). The minimum absolute atomic E-state index is 0.174. The molecule has 1 aliphatic rings. The molecule has 0 radical (unpaired) electrons. The summed E-state index contributed by atoms with van der Waals surface area (Å²) < 4.78 is 5.11. The van der Waals surface area contributed by atoms with Gasteiger partial charge >= 0.3 is 6.09 Å². The summed E-state index contributed by atoms with van der Waals surface area (Å²) in [5, 5.41) is 2.68. The van der Waals surface area contributed by atoms with E-state index in [2.05, 4.69) is 12.2 Å². The summed E-state index contributed by atoms with van der Waals surface area (Å²) in [5.74, 6) is 0.644. The van der Waals surface area contributed by atoms with Gasteiger partial charge in [0.1, 0.15) is 6.61 Å². The maximum absolute atomic E-state index is 11.8. The van der Waals surface area contributed by atoms with Gasteiger partial charge in [-0.15, -0.1) is 0 Å². The van der Waals surface area contributed by atoms with Crippen LogP contribution in [-0.4, -0.2) is 36.5 Å². The highest BCUT2D eigenvalue weighted by atomic mass is 16.5. The number of likely N-dealkylation sites (tertiary alicyclic amines) is 1. The number of nitrogens with zero attached hydrogens (tertiary/aromatic N) is 1. The summed E-state index contributed by atoms with van der Waals surface area (Å²) in [6, 6.07) is 9.53. The first-order valence-electron chi connectivity index (χ1n) is 7.37. The largest absolute Gasteiger partial charge is 0.445 e. The first-order chi connectivity index (χ1) is 10.1. The predicted molar refractivity (Wildman–Crippen MR) is 79.6 cm³/mol. The van der Waals surface area contributed by atoms with Gasteiger partial charge in [-0.3, -0.25) is 4.79 Å². The van der Waals surface area contributed by atoms with Crippen molar-refractivity contribution in [1.29, 1.82) is 0 Å². The second-order valence-corrected chi connectivity index (χ2v) is 5.47. The van der Waals surface area contributed by atoms with E-state index in [0.717, 1.165) is 18.5 Å². The standard InChI is InChI=1S/C16H22N2O3/c1-13-7-9-18(15(19)11-13)10-8-17-16(20)21-12-14-5-3-2-4-6-14/h2-6,13H,7-12H2,1H3,(H,17,20). The van der Waals surface area contributed by atoms with E-state index in [9.17, 15) is 9.59 Å². The van der Waals surface area contributed by atoms with Gasteiger partial charge in [-0.25, -0.2) is 4.79 Å². The van der Waals surface area contributed by atoms with Gasteiger partial charge in [0.2, 0.25) is 5.91 Å². The Morgan fingerprint density at radius 2 is 2.14 bits per heavy atom. The minimum atomic E-state index is -0.448. The van der Waals surface area contributed by atoms with E-state index >= 15 is 0 Å². The number of carbonyl (C=O) groups excluding carboxylic acids is 2. The molecule has 0 aromatic heterocycles. The lowest BCUT2D eigenvalue weighted by molar-refractivity contribution is -0.134. The van der Waals surface area contributed by atoms with Gasteiger partial charge in [-0.1, -0.05) is 37.3 Å². The van der Waals surface area contributed by atoms with Gasteiger partial charge < -0.3 is 15.0 Å². The first kappa shape index (κ1) is 15.4. The van der Waals surface area contributed by atoms with Crippen molar-refractivity contribution in [2.24, 2.45) is 5.92 Å². The van der Waals surface area contributed by atoms with Crippen molar-refractivity contribution in [2.45, 2.75) is 26.4 Å². The van der Waals surface area contributed by atoms with E-state index in [-0.39, 0.29) is 12.5 Å². The van der Waals surface area contributed by atoms with Crippen molar-refractivity contribution in [3.05, 3.63) is 35.9 Å². The Kier molecular flexibility index (Phi) is 5.60. The van der Waals surface area contributed by atoms with Crippen LogP contribution in [0.1, 0.15) is 25.3 Å². The minimum Gasteiger partial charge on any atom is -0.445 e. The number of benzene rings is 1. The predicted octanol–water partition coefficient (Wildman–Crippen LogP) is 2.17. The van der Waals surface area contributed by atoms with E-state index in [1.54, 1.807) is 4.90 Å². The molecule has 5 heteroatoms. The maximum Gasteiger partial charge on any atom is 0.407 e. The number of hydrogen-bond donors (Lipinski definition) is 1. The lowest BCUT2D eigenvalue weighted by Gasteiger charge is -2.30. The Morgan fingerprint density at radius 1 is 1.38 bits per heavy atom. The summed E-state index contributed by atoms with van der Waals surface area (Å²) in [4.78, 5) is 25.1. The van der Waals surface area contributed by atoms with Crippen LogP contribution in [0, 0.1) is 5.92 Å². The van der Waals surface area contributed by atoms with E-state index in [4.69, 9.17) is 4.74 Å². The van der Waals surface area contributed by atoms with Gasteiger partial charge in [-0.05, 0) is 17.9 Å². The van der Waals surface area contributed by atoms with Gasteiger partial charge in [0.05, 0.1) is 0 Å². The van der Waals surface area contributed by atoms with Crippen LogP contribution in [0.3, 0.4) is 0 Å². The van der Waals surface area contributed by atoms with Crippen LogP contribution in [0.15, 0.2) is 30.3 Å². The van der Waals surface area contributed by atoms with Crippen molar-refractivity contribution >= 4 is 12.0 Å². The summed E-state index contributed by atoms with van der Waals surface area (Å²) in [6.07, 6.45) is 1.19. The summed E-state index contributed by atoms with van der Waals surface area (Å²) in [7, 11) is 0. The van der Waals surface area contributed by atoms with E-state index in [0.29, 0.717) is 25.4 Å². The summed E-state index contributed by atoms with van der Waals surface area (Å²) >= 11 is 0. The lowest BCUT2D eigenvalue weighted by Crippen LogP contribution is -2.42. The number of alkyl carbamates (subject to hydrolysis) is 1. The number of piperidine rings is 1. The third-order valence-corrected chi connectivity index (χ3v) is 3.63. The third kappa shape index (κ3) is 5.10. The SMILES string of the molecule is CC1CCN(CCNC(=O)OCc2ccccc2)C(=O)C1. The highest BCUT2D eigenvalue weighted by Gasteiger charge is 2.22. The highest BCUT2D eigenvalue weighted by Crippen LogP contribution is 2.16. The number of amides is 2. The Bertz CT molecular complexity index is 476. The molecule has 1 N–H and O–H groups in total. The number of carbonyl (C=O) groups is 2. The van der Waals surface area contributed by atoms with Crippen molar-refractivity contribution < 1.29 is 14.3 Å². The van der Waals surface area contributed by atoms with Crippen molar-refractivity contribution in [3.8, 4) is 0 Å². The molecule has 1 heterocycles. The fourth-order valence-corrected chi connectivity index (χ4v) is 2.33. The van der Waals surface area contributed by atoms with Crippen LogP contribution in [0.4, 0.5) is 4.79 Å².